The Kier molecular flexibility index (Phi) is 4.36. The van der Waals surface area contributed by atoms with Crippen molar-refractivity contribution in [3.05, 3.63) is 29.4 Å². The number of amides is 2. The molecule has 0 aliphatic carbocycles. The Hall–Kier alpha value is -2.85. The monoisotopic (exact) mass is 357 g/mol. The maximum absolute atomic E-state index is 11.9. The summed E-state index contributed by atoms with van der Waals surface area (Å²) >= 11 is 1.25. The summed E-state index contributed by atoms with van der Waals surface area (Å²) in [5, 5.41) is 21.3. The van der Waals surface area contributed by atoms with Gasteiger partial charge in [-0.25, -0.2) is 4.79 Å². The van der Waals surface area contributed by atoms with E-state index >= 15 is 0 Å². The predicted molar refractivity (Wildman–Crippen MR) is 95.2 cm³/mol. The number of nitrogens with one attached hydrogen (secondary N) is 3. The van der Waals surface area contributed by atoms with Gasteiger partial charge in [0.05, 0.1) is 17.4 Å². The van der Waals surface area contributed by atoms with Crippen molar-refractivity contribution in [3.8, 4) is 0 Å². The van der Waals surface area contributed by atoms with E-state index in [1.54, 1.807) is 23.9 Å². The summed E-state index contributed by atoms with van der Waals surface area (Å²) < 4.78 is 5.47. The first kappa shape index (κ1) is 15.7. The summed E-state index contributed by atoms with van der Waals surface area (Å²) in [6.45, 7) is 0.764. The molecule has 3 aromatic rings. The van der Waals surface area contributed by atoms with E-state index < -0.39 is 0 Å². The van der Waals surface area contributed by atoms with E-state index in [1.165, 1.54) is 11.3 Å². The quantitative estimate of drug-likeness (QED) is 0.621. The number of carbonyl (C=O) groups excluding carboxylic acids is 1. The number of H-pyrrole nitrogens is 1. The van der Waals surface area contributed by atoms with E-state index in [-0.39, 0.29) is 12.3 Å². The number of aromatic nitrogens is 4. The average Bonchev–Trinajstić information content (AvgIpc) is 3.34. The van der Waals surface area contributed by atoms with Crippen LogP contribution in [-0.4, -0.2) is 45.5 Å². The van der Waals surface area contributed by atoms with Gasteiger partial charge in [-0.2, -0.15) is 5.10 Å². The molecule has 1 unspecified atom stereocenters. The number of ether oxygens (including phenoxy) is 1. The molecule has 0 saturated carbocycles. The van der Waals surface area contributed by atoms with Gasteiger partial charge in [-0.05, 0) is 31.0 Å². The first-order valence-corrected chi connectivity index (χ1v) is 8.63. The Morgan fingerprint density at radius 3 is 3.20 bits per heavy atom. The fraction of sp³-hybridized carbons (Fsp3) is 0.267. The second-order valence-corrected chi connectivity index (χ2v) is 6.27. The minimum Gasteiger partial charge on any atom is -0.357 e. The molecule has 1 fully saturated rings. The number of urea groups is 1. The summed E-state index contributed by atoms with van der Waals surface area (Å²) in [5.74, 6) is 0. The summed E-state index contributed by atoms with van der Waals surface area (Å²) in [6.07, 6.45) is 3.67. The third-order valence-corrected chi connectivity index (χ3v) is 4.31. The number of carbonyl (C=O) groups is 1. The highest BCUT2D eigenvalue weighted by Gasteiger charge is 2.13. The van der Waals surface area contributed by atoms with E-state index in [0.29, 0.717) is 10.8 Å². The van der Waals surface area contributed by atoms with Crippen molar-refractivity contribution in [3.63, 3.8) is 0 Å². The van der Waals surface area contributed by atoms with Crippen LogP contribution in [0.25, 0.3) is 10.9 Å². The number of anilines is 2. The maximum Gasteiger partial charge on any atom is 0.325 e. The molecule has 2 amide bonds. The minimum atomic E-state index is -0.383. The molecule has 1 aliphatic heterocycles. The lowest BCUT2D eigenvalue weighted by molar-refractivity contribution is 0.118. The molecule has 3 N–H and O–H groups in total. The number of rotatable bonds is 4. The van der Waals surface area contributed by atoms with Gasteiger partial charge in [0.15, 0.2) is 0 Å². The number of aromatic amines is 1. The number of hydrogen-bond donors (Lipinski definition) is 3. The summed E-state index contributed by atoms with van der Waals surface area (Å²) in [6, 6.07) is 5.10. The molecule has 0 radical (unpaired) electrons. The maximum atomic E-state index is 11.9. The molecule has 0 bridgehead atoms. The van der Waals surface area contributed by atoms with Gasteiger partial charge in [0.2, 0.25) is 5.13 Å². The second-order valence-electron chi connectivity index (χ2n) is 5.44. The van der Waals surface area contributed by atoms with Gasteiger partial charge < -0.3 is 10.1 Å². The van der Waals surface area contributed by atoms with Crippen LogP contribution in [0.3, 0.4) is 0 Å². The largest absolute Gasteiger partial charge is 0.357 e. The van der Waals surface area contributed by atoms with Crippen LogP contribution < -0.4 is 10.6 Å². The first-order valence-electron chi connectivity index (χ1n) is 7.75. The van der Waals surface area contributed by atoms with E-state index in [2.05, 4.69) is 36.0 Å². The zero-order valence-corrected chi connectivity index (χ0v) is 13.9. The van der Waals surface area contributed by atoms with Crippen LogP contribution in [0, 0.1) is 0 Å². The van der Waals surface area contributed by atoms with Gasteiger partial charge in [-0.15, -0.1) is 10.2 Å². The van der Waals surface area contributed by atoms with Gasteiger partial charge in [-0.1, -0.05) is 11.3 Å². The van der Waals surface area contributed by atoms with E-state index in [1.807, 2.05) is 6.07 Å². The predicted octanol–water partition coefficient (Wildman–Crippen LogP) is 2.61. The van der Waals surface area contributed by atoms with Crippen LogP contribution in [0.5, 0.6) is 0 Å². The fourth-order valence-corrected chi connectivity index (χ4v) is 2.97. The number of benzene rings is 1. The number of nitrogens with zero attached hydrogens (tertiary/aromatic N) is 4. The van der Waals surface area contributed by atoms with Crippen molar-refractivity contribution in [2.75, 3.05) is 17.2 Å². The molecular weight excluding hydrogens is 342 g/mol. The molecule has 4 rings (SSSR count). The van der Waals surface area contributed by atoms with Gasteiger partial charge in [0.1, 0.15) is 11.7 Å². The Morgan fingerprint density at radius 2 is 2.40 bits per heavy atom. The minimum absolute atomic E-state index is 0.0664. The lowest BCUT2D eigenvalue weighted by atomic mass is 10.2. The van der Waals surface area contributed by atoms with Crippen LogP contribution in [0.15, 0.2) is 28.7 Å². The Morgan fingerprint density at radius 1 is 1.44 bits per heavy atom. The second kappa shape index (κ2) is 6.95. The molecule has 1 aliphatic rings. The van der Waals surface area contributed by atoms with Crippen LogP contribution in [0.1, 0.15) is 18.5 Å². The topological polar surface area (TPSA) is 117 Å². The highest BCUT2D eigenvalue weighted by atomic mass is 32.1. The van der Waals surface area contributed by atoms with Crippen molar-refractivity contribution in [2.45, 2.75) is 19.1 Å². The molecule has 2 aromatic heterocycles. The van der Waals surface area contributed by atoms with E-state index in [9.17, 15) is 4.79 Å². The summed E-state index contributed by atoms with van der Waals surface area (Å²) in [4.78, 5) is 16.3. The lowest BCUT2D eigenvalue weighted by Crippen LogP contribution is -2.19. The van der Waals surface area contributed by atoms with Crippen molar-refractivity contribution in [1.82, 2.24) is 20.4 Å². The molecule has 3 heterocycles. The van der Waals surface area contributed by atoms with Crippen molar-refractivity contribution in [2.24, 2.45) is 4.99 Å². The van der Waals surface area contributed by atoms with Crippen LogP contribution in [0.4, 0.5) is 15.6 Å². The summed E-state index contributed by atoms with van der Waals surface area (Å²) in [5.41, 5.74) is 3.73. The number of fused-ring (bicyclic) bond motifs is 1. The van der Waals surface area contributed by atoms with Crippen LogP contribution in [-0.2, 0) is 4.74 Å². The highest BCUT2D eigenvalue weighted by Crippen LogP contribution is 2.20. The van der Waals surface area contributed by atoms with Crippen LogP contribution in [0.2, 0.25) is 0 Å². The molecule has 1 saturated heterocycles. The third-order valence-electron chi connectivity index (χ3n) is 3.70. The van der Waals surface area contributed by atoms with Gasteiger partial charge in [0, 0.05) is 17.7 Å². The smallest absolute Gasteiger partial charge is 0.325 e. The van der Waals surface area contributed by atoms with E-state index in [4.69, 9.17) is 4.74 Å². The molecule has 1 atom stereocenters. The highest BCUT2D eigenvalue weighted by molar-refractivity contribution is 7.13. The van der Waals surface area contributed by atoms with Crippen LogP contribution >= 0.6 is 11.3 Å². The molecule has 0 spiro atoms. The Labute approximate surface area is 146 Å². The molecule has 128 valence electrons. The normalized spacial score (nSPS) is 17.4. The van der Waals surface area contributed by atoms with Gasteiger partial charge in [-0.3, -0.25) is 15.4 Å². The zero-order chi connectivity index (χ0) is 17.1. The number of aliphatic imine (C=N–C) groups is 1. The first-order chi connectivity index (χ1) is 12.3. The molecular formula is C15H15N7O2S. The van der Waals surface area contributed by atoms with Crippen molar-refractivity contribution < 1.29 is 9.53 Å². The third kappa shape index (κ3) is 3.64. The van der Waals surface area contributed by atoms with Crippen molar-refractivity contribution in [1.29, 1.82) is 0 Å². The SMILES string of the molecule is O=C(Nc1ccc2c(/C=N/C3CCCO3)[nH]nc2c1)Nc1nncs1. The summed E-state index contributed by atoms with van der Waals surface area (Å²) in [7, 11) is 0. The Bertz CT molecular complexity index is 900. The molecule has 9 nitrogen and oxygen atoms in total. The zero-order valence-electron chi connectivity index (χ0n) is 13.1. The van der Waals surface area contributed by atoms with E-state index in [0.717, 1.165) is 36.0 Å². The molecule has 10 heteroatoms. The fourth-order valence-electron chi connectivity index (χ4n) is 2.53. The number of hydrogen-bond acceptors (Lipinski definition) is 7. The molecule has 25 heavy (non-hydrogen) atoms. The van der Waals surface area contributed by atoms with Gasteiger partial charge in [0.25, 0.3) is 0 Å². The Balaban J connectivity index is 1.46. The standard InChI is InChI=1S/C15H15N7O2S/c23-14(19-15-22-17-8-25-15)18-9-3-4-10-11(6-9)20-21-12(10)7-16-13-2-1-5-24-13/h3-4,6-8,13H,1-2,5H2,(H,20,21)(H2,18,19,22,23)/b16-7+. The molecule has 1 aromatic carbocycles. The van der Waals surface area contributed by atoms with Gasteiger partial charge >= 0.3 is 6.03 Å². The van der Waals surface area contributed by atoms with Crippen molar-refractivity contribution >= 4 is 45.3 Å². The average molecular weight is 357 g/mol. The lowest BCUT2D eigenvalue weighted by Gasteiger charge is -2.05.